The second kappa shape index (κ2) is 5.84. The molecule has 0 aromatic carbocycles. The molecule has 1 atom stereocenters. The normalized spacial score (nSPS) is 11.9. The fraction of sp³-hybridized carbons (Fsp3) is 0.400. The summed E-state index contributed by atoms with van der Waals surface area (Å²) in [6, 6.07) is 1.65. The minimum atomic E-state index is -0.0225. The molecule has 1 rings (SSSR count). The molecule has 0 fully saturated rings. The highest BCUT2D eigenvalue weighted by Crippen LogP contribution is 2.17. The fourth-order valence-corrected chi connectivity index (χ4v) is 1.61. The molecule has 0 aliphatic rings. The van der Waals surface area contributed by atoms with Crippen molar-refractivity contribution in [2.45, 2.75) is 24.5 Å². The molecule has 1 unspecified atom stereocenters. The third-order valence-electron chi connectivity index (χ3n) is 1.79. The minimum Gasteiger partial charge on any atom is -0.356 e. The van der Waals surface area contributed by atoms with Gasteiger partial charge in [0.05, 0.1) is 6.04 Å². The van der Waals surface area contributed by atoms with Gasteiger partial charge < -0.3 is 5.32 Å². The first-order valence-corrected chi connectivity index (χ1v) is 6.11. The largest absolute Gasteiger partial charge is 0.356 e. The lowest BCUT2D eigenvalue weighted by atomic mass is 10.2. The Kier molecular flexibility index (Phi) is 4.73. The number of anilines is 1. The van der Waals surface area contributed by atoms with E-state index in [0.29, 0.717) is 16.1 Å². The molecule has 0 spiro atoms. The number of thioether (sulfide) groups is 1. The summed E-state index contributed by atoms with van der Waals surface area (Å²) < 4.78 is 0. The molecule has 0 radical (unpaired) electrons. The lowest BCUT2D eigenvalue weighted by molar-refractivity contribution is 0.839. The molecule has 0 amide bonds. The molecule has 0 saturated heterocycles. The Morgan fingerprint density at radius 3 is 2.93 bits per heavy atom. The number of nitrogens with one attached hydrogen (secondary N) is 1. The fourth-order valence-electron chi connectivity index (χ4n) is 1.00. The smallest absolute Gasteiger partial charge is 0.190 e. The molecular weight excluding hydrogens is 230 g/mol. The second-order valence-electron chi connectivity index (χ2n) is 2.83. The Morgan fingerprint density at radius 1 is 1.67 bits per heavy atom. The van der Waals surface area contributed by atoms with Crippen LogP contribution < -0.4 is 5.32 Å². The van der Waals surface area contributed by atoms with E-state index in [0.717, 1.165) is 6.42 Å². The van der Waals surface area contributed by atoms with Crippen LogP contribution in [-0.2, 0) is 0 Å². The summed E-state index contributed by atoms with van der Waals surface area (Å²) in [7, 11) is 0. The summed E-state index contributed by atoms with van der Waals surface area (Å²) in [5, 5.41) is 4.16. The first-order chi connectivity index (χ1) is 7.19. The maximum absolute atomic E-state index is 5.84. The Bertz CT molecular complexity index is 375. The Morgan fingerprint density at radius 2 is 2.40 bits per heavy atom. The Balaban J connectivity index is 2.85. The van der Waals surface area contributed by atoms with Crippen molar-refractivity contribution in [2.75, 3.05) is 11.6 Å². The van der Waals surface area contributed by atoms with Crippen molar-refractivity contribution in [2.24, 2.45) is 0 Å². The number of hydrogen-bond acceptors (Lipinski definition) is 4. The molecule has 1 heterocycles. The summed E-state index contributed by atoms with van der Waals surface area (Å²) >= 11 is 7.28. The summed E-state index contributed by atoms with van der Waals surface area (Å²) in [5.74, 6) is 3.31. The summed E-state index contributed by atoms with van der Waals surface area (Å²) in [4.78, 5) is 8.29. The van der Waals surface area contributed by atoms with Crippen molar-refractivity contribution in [1.29, 1.82) is 0 Å². The van der Waals surface area contributed by atoms with Gasteiger partial charge in [-0.2, -0.15) is 0 Å². The van der Waals surface area contributed by atoms with Gasteiger partial charge in [0.2, 0.25) is 0 Å². The highest BCUT2D eigenvalue weighted by molar-refractivity contribution is 7.98. The van der Waals surface area contributed by atoms with E-state index in [1.165, 1.54) is 11.8 Å². The van der Waals surface area contributed by atoms with Gasteiger partial charge in [-0.15, -0.1) is 6.42 Å². The van der Waals surface area contributed by atoms with Crippen LogP contribution in [0.2, 0.25) is 5.15 Å². The van der Waals surface area contributed by atoms with E-state index < -0.39 is 0 Å². The third kappa shape index (κ3) is 3.61. The van der Waals surface area contributed by atoms with Crippen molar-refractivity contribution < 1.29 is 0 Å². The number of terminal acetylenes is 1. The lowest BCUT2D eigenvalue weighted by Gasteiger charge is -2.11. The van der Waals surface area contributed by atoms with Gasteiger partial charge in [-0.1, -0.05) is 36.2 Å². The SMILES string of the molecule is C#CC(CC)Nc1cc(Cl)nc(SC)n1. The van der Waals surface area contributed by atoms with E-state index in [1.54, 1.807) is 6.07 Å². The Labute approximate surface area is 99.0 Å². The van der Waals surface area contributed by atoms with E-state index in [9.17, 15) is 0 Å². The van der Waals surface area contributed by atoms with E-state index >= 15 is 0 Å². The zero-order valence-corrected chi connectivity index (χ0v) is 10.2. The zero-order chi connectivity index (χ0) is 11.3. The van der Waals surface area contributed by atoms with Crippen LogP contribution in [0.3, 0.4) is 0 Å². The minimum absolute atomic E-state index is 0.0225. The van der Waals surface area contributed by atoms with Crippen molar-refractivity contribution in [3.8, 4) is 12.3 Å². The van der Waals surface area contributed by atoms with E-state index in [-0.39, 0.29) is 6.04 Å². The molecular formula is C10H12ClN3S. The first-order valence-electron chi connectivity index (χ1n) is 4.50. The molecule has 0 bridgehead atoms. The lowest BCUT2D eigenvalue weighted by Crippen LogP contribution is -2.16. The number of nitrogens with zero attached hydrogens (tertiary/aromatic N) is 2. The maximum Gasteiger partial charge on any atom is 0.190 e. The number of aromatic nitrogens is 2. The quantitative estimate of drug-likeness (QED) is 0.381. The maximum atomic E-state index is 5.84. The average molecular weight is 242 g/mol. The summed E-state index contributed by atoms with van der Waals surface area (Å²) in [6.07, 6.45) is 8.08. The van der Waals surface area contributed by atoms with Crippen molar-refractivity contribution in [3.63, 3.8) is 0 Å². The monoisotopic (exact) mass is 241 g/mol. The zero-order valence-electron chi connectivity index (χ0n) is 8.62. The van der Waals surface area contributed by atoms with Crippen LogP contribution in [0.25, 0.3) is 0 Å². The van der Waals surface area contributed by atoms with Crippen LogP contribution in [0.5, 0.6) is 0 Å². The average Bonchev–Trinajstić information content (AvgIpc) is 2.25. The predicted molar refractivity (Wildman–Crippen MR) is 65.4 cm³/mol. The van der Waals surface area contributed by atoms with E-state index in [1.807, 2.05) is 13.2 Å². The van der Waals surface area contributed by atoms with Gasteiger partial charge in [-0.3, -0.25) is 0 Å². The van der Waals surface area contributed by atoms with Crippen LogP contribution in [0.1, 0.15) is 13.3 Å². The van der Waals surface area contributed by atoms with Crippen molar-refractivity contribution in [3.05, 3.63) is 11.2 Å². The summed E-state index contributed by atoms with van der Waals surface area (Å²) in [5.41, 5.74) is 0. The third-order valence-corrected chi connectivity index (χ3v) is 2.53. The molecule has 0 aliphatic heterocycles. The van der Waals surface area contributed by atoms with Crippen molar-refractivity contribution in [1.82, 2.24) is 9.97 Å². The van der Waals surface area contributed by atoms with Gasteiger partial charge in [0, 0.05) is 6.07 Å². The highest BCUT2D eigenvalue weighted by atomic mass is 35.5. The van der Waals surface area contributed by atoms with Crippen LogP contribution in [0.4, 0.5) is 5.82 Å². The molecule has 1 aromatic rings. The highest BCUT2D eigenvalue weighted by Gasteiger charge is 2.06. The standard InChI is InChI=1S/C10H12ClN3S/c1-4-7(5-2)12-9-6-8(11)13-10(14-9)15-3/h1,6-7H,5H2,2-3H3,(H,12,13,14). The number of hydrogen-bond donors (Lipinski definition) is 1. The van der Waals surface area contributed by atoms with Gasteiger partial charge in [0.1, 0.15) is 11.0 Å². The molecule has 0 saturated carbocycles. The van der Waals surface area contributed by atoms with Crippen LogP contribution in [0.15, 0.2) is 11.2 Å². The molecule has 1 N–H and O–H groups in total. The molecule has 5 heteroatoms. The van der Waals surface area contributed by atoms with E-state index in [2.05, 4.69) is 21.2 Å². The topological polar surface area (TPSA) is 37.8 Å². The van der Waals surface area contributed by atoms with Gasteiger partial charge in [-0.05, 0) is 12.7 Å². The second-order valence-corrected chi connectivity index (χ2v) is 4.00. The predicted octanol–water partition coefficient (Wildman–Crippen LogP) is 2.68. The van der Waals surface area contributed by atoms with Crippen LogP contribution in [0, 0.1) is 12.3 Å². The van der Waals surface area contributed by atoms with Gasteiger partial charge in [-0.25, -0.2) is 9.97 Å². The van der Waals surface area contributed by atoms with Crippen LogP contribution >= 0.6 is 23.4 Å². The summed E-state index contributed by atoms with van der Waals surface area (Å²) in [6.45, 7) is 2.01. The molecule has 80 valence electrons. The Hall–Kier alpha value is -0.920. The van der Waals surface area contributed by atoms with Crippen molar-refractivity contribution >= 4 is 29.2 Å². The molecule has 15 heavy (non-hydrogen) atoms. The number of rotatable bonds is 4. The molecule has 3 nitrogen and oxygen atoms in total. The molecule has 0 aliphatic carbocycles. The van der Waals surface area contributed by atoms with Gasteiger partial charge >= 0.3 is 0 Å². The first kappa shape index (κ1) is 12.2. The van der Waals surface area contributed by atoms with E-state index in [4.69, 9.17) is 18.0 Å². The molecule has 1 aromatic heterocycles. The number of halogens is 1. The van der Waals surface area contributed by atoms with Crippen LogP contribution in [-0.4, -0.2) is 22.3 Å². The van der Waals surface area contributed by atoms with Gasteiger partial charge in [0.15, 0.2) is 5.16 Å². The van der Waals surface area contributed by atoms with Gasteiger partial charge in [0.25, 0.3) is 0 Å².